The average Bonchev–Trinajstić information content (AvgIpc) is 3.38. The third-order valence-electron chi connectivity index (χ3n) is 5.34. The summed E-state index contributed by atoms with van der Waals surface area (Å²) in [4.78, 5) is 15.6. The number of rotatable bonds is 7. The van der Waals surface area contributed by atoms with Crippen LogP contribution in [0.4, 0.5) is 13.2 Å². The van der Waals surface area contributed by atoms with Gasteiger partial charge in [-0.3, -0.25) is 4.79 Å². The Hall–Kier alpha value is -3.97. The molecule has 0 aliphatic carbocycles. The van der Waals surface area contributed by atoms with E-state index >= 15 is 0 Å². The van der Waals surface area contributed by atoms with Crippen LogP contribution in [0.2, 0.25) is 5.02 Å². The van der Waals surface area contributed by atoms with E-state index in [1.165, 1.54) is 12.1 Å². The van der Waals surface area contributed by atoms with Crippen LogP contribution in [0.25, 0.3) is 16.6 Å². The number of aromatic nitrogens is 3. The number of aryl methyl sites for hydroxylation is 1. The molecule has 2 heterocycles. The molecule has 4 aromatic rings. The second kappa shape index (κ2) is 9.72. The predicted molar refractivity (Wildman–Crippen MR) is 124 cm³/mol. The minimum atomic E-state index is -4.70. The smallest absolute Gasteiger partial charge is 0.435 e. The maximum Gasteiger partial charge on any atom is 0.435 e. The van der Waals surface area contributed by atoms with Crippen LogP contribution in [0.15, 0.2) is 48.5 Å². The summed E-state index contributed by atoms with van der Waals surface area (Å²) < 4.78 is 46.0. The second-order valence-electron chi connectivity index (χ2n) is 7.72. The minimum absolute atomic E-state index is 0.173. The Kier molecular flexibility index (Phi) is 6.71. The van der Waals surface area contributed by atoms with Crippen molar-refractivity contribution in [3.05, 3.63) is 76.1 Å². The van der Waals surface area contributed by atoms with E-state index in [0.29, 0.717) is 12.0 Å². The molecule has 7 nitrogen and oxygen atoms in total. The van der Waals surface area contributed by atoms with Crippen LogP contribution in [0.3, 0.4) is 0 Å². The van der Waals surface area contributed by atoms with Crippen LogP contribution >= 0.6 is 11.6 Å². The van der Waals surface area contributed by atoms with Crippen LogP contribution in [0.1, 0.15) is 22.5 Å². The van der Waals surface area contributed by atoms with Crippen molar-refractivity contribution in [3.63, 3.8) is 0 Å². The van der Waals surface area contributed by atoms with Gasteiger partial charge in [0.05, 0.1) is 22.3 Å². The number of amides is 1. The number of nitriles is 1. The van der Waals surface area contributed by atoms with Crippen LogP contribution in [-0.2, 0) is 17.4 Å². The Morgan fingerprint density at radius 1 is 1.26 bits per heavy atom. The monoisotopic (exact) mass is 501 g/mol. The Balaban J connectivity index is 1.43. The molecule has 180 valence electrons. The standard InChI is InChI=1S/C24H19ClF3N5O2/c1-14-16(17-10-15(12-29)6-7-19(17)31-14)8-9-30-22(34)13-35-23-11-21(24(26,27)28)32-33(23)20-5-3-2-4-18(20)25/h2-7,10-11,31H,8-9,13H2,1H3,(H,30,34). The molecule has 2 aromatic carbocycles. The van der Waals surface area contributed by atoms with Crippen molar-refractivity contribution >= 4 is 28.4 Å². The van der Waals surface area contributed by atoms with Crippen LogP contribution < -0.4 is 10.1 Å². The molecule has 0 atom stereocenters. The summed E-state index contributed by atoms with van der Waals surface area (Å²) in [5, 5.41) is 16.5. The van der Waals surface area contributed by atoms with Crippen LogP contribution in [-0.4, -0.2) is 33.8 Å². The number of benzene rings is 2. The van der Waals surface area contributed by atoms with Crippen molar-refractivity contribution in [2.24, 2.45) is 0 Å². The average molecular weight is 502 g/mol. The summed E-state index contributed by atoms with van der Waals surface area (Å²) in [5.74, 6) is -0.780. The van der Waals surface area contributed by atoms with Crippen LogP contribution in [0.5, 0.6) is 5.88 Å². The number of ether oxygens (including phenoxy) is 1. The molecule has 0 unspecified atom stereocenters. The first-order valence-electron chi connectivity index (χ1n) is 10.5. The molecular formula is C24H19ClF3N5O2. The second-order valence-corrected chi connectivity index (χ2v) is 8.13. The molecule has 0 bridgehead atoms. The number of hydrogen-bond acceptors (Lipinski definition) is 4. The lowest BCUT2D eigenvalue weighted by molar-refractivity contribution is -0.141. The highest BCUT2D eigenvalue weighted by atomic mass is 35.5. The fourth-order valence-corrected chi connectivity index (χ4v) is 3.91. The molecule has 0 aliphatic heterocycles. The molecule has 4 rings (SSSR count). The van der Waals surface area contributed by atoms with Gasteiger partial charge in [-0.15, -0.1) is 0 Å². The summed E-state index contributed by atoms with van der Waals surface area (Å²) in [7, 11) is 0. The molecule has 0 spiro atoms. The van der Waals surface area contributed by atoms with E-state index in [-0.39, 0.29) is 23.1 Å². The highest BCUT2D eigenvalue weighted by molar-refractivity contribution is 6.32. The van der Waals surface area contributed by atoms with Gasteiger partial charge in [-0.25, -0.2) is 0 Å². The molecule has 11 heteroatoms. The Morgan fingerprint density at radius 2 is 2.03 bits per heavy atom. The van der Waals surface area contributed by atoms with Crippen molar-refractivity contribution in [3.8, 4) is 17.6 Å². The Labute approximate surface area is 203 Å². The van der Waals surface area contributed by atoms with Gasteiger partial charge in [0.25, 0.3) is 5.91 Å². The van der Waals surface area contributed by atoms with E-state index in [1.807, 2.05) is 13.0 Å². The number of nitrogens with one attached hydrogen (secondary N) is 2. The van der Waals surface area contributed by atoms with Gasteiger partial charge in [-0.1, -0.05) is 23.7 Å². The first-order chi connectivity index (χ1) is 16.7. The summed E-state index contributed by atoms with van der Waals surface area (Å²) in [5.41, 5.74) is 2.32. The first kappa shape index (κ1) is 24.2. The molecule has 0 saturated heterocycles. The van der Waals surface area contributed by atoms with Crippen molar-refractivity contribution in [1.82, 2.24) is 20.1 Å². The van der Waals surface area contributed by atoms with Crippen LogP contribution in [0, 0.1) is 18.3 Å². The molecule has 0 radical (unpaired) electrons. The highest BCUT2D eigenvalue weighted by Gasteiger charge is 2.36. The maximum atomic E-state index is 13.2. The molecular weight excluding hydrogens is 483 g/mol. The normalized spacial score (nSPS) is 11.4. The van der Waals surface area contributed by atoms with Gasteiger partial charge in [0.1, 0.15) is 0 Å². The minimum Gasteiger partial charge on any atom is -0.467 e. The fourth-order valence-electron chi connectivity index (χ4n) is 3.69. The molecule has 0 saturated carbocycles. The number of para-hydroxylation sites is 1. The lowest BCUT2D eigenvalue weighted by Crippen LogP contribution is -2.31. The summed E-state index contributed by atoms with van der Waals surface area (Å²) in [6.45, 7) is 1.66. The van der Waals surface area contributed by atoms with E-state index in [4.69, 9.17) is 21.6 Å². The number of nitrogens with zero attached hydrogens (tertiary/aromatic N) is 3. The number of aromatic amines is 1. The van der Waals surface area contributed by atoms with E-state index < -0.39 is 24.4 Å². The van der Waals surface area contributed by atoms with Crippen molar-refractivity contribution in [1.29, 1.82) is 5.26 Å². The summed E-state index contributed by atoms with van der Waals surface area (Å²) >= 11 is 6.11. The van der Waals surface area contributed by atoms with Gasteiger partial charge < -0.3 is 15.0 Å². The zero-order valence-corrected chi connectivity index (χ0v) is 19.2. The third kappa shape index (κ3) is 5.25. The van der Waals surface area contributed by atoms with Gasteiger partial charge in [-0.2, -0.15) is 28.2 Å². The van der Waals surface area contributed by atoms with E-state index in [2.05, 4.69) is 21.5 Å². The quantitative estimate of drug-likeness (QED) is 0.375. The van der Waals surface area contributed by atoms with Crippen molar-refractivity contribution in [2.45, 2.75) is 19.5 Å². The molecule has 35 heavy (non-hydrogen) atoms. The number of carbonyl (C=O) groups is 1. The van der Waals surface area contributed by atoms with E-state index in [0.717, 1.165) is 32.9 Å². The van der Waals surface area contributed by atoms with Crippen molar-refractivity contribution in [2.75, 3.05) is 13.2 Å². The Bertz CT molecular complexity index is 1440. The molecule has 2 N–H and O–H groups in total. The van der Waals surface area contributed by atoms with Gasteiger partial charge in [0, 0.05) is 29.2 Å². The number of alkyl halides is 3. The van der Waals surface area contributed by atoms with Gasteiger partial charge >= 0.3 is 6.18 Å². The zero-order valence-electron chi connectivity index (χ0n) is 18.4. The van der Waals surface area contributed by atoms with Gasteiger partial charge in [0.15, 0.2) is 12.3 Å². The SMILES string of the molecule is Cc1[nH]c2ccc(C#N)cc2c1CCNC(=O)COc1cc(C(F)(F)F)nn1-c1ccccc1Cl. The van der Waals surface area contributed by atoms with Gasteiger partial charge in [-0.05, 0) is 49.2 Å². The molecule has 0 aliphatic rings. The van der Waals surface area contributed by atoms with Gasteiger partial charge in [0.2, 0.25) is 5.88 Å². The van der Waals surface area contributed by atoms with E-state index in [9.17, 15) is 18.0 Å². The number of hydrogen-bond donors (Lipinski definition) is 2. The lowest BCUT2D eigenvalue weighted by Gasteiger charge is -2.11. The number of carbonyl (C=O) groups excluding carboxylic acids is 1. The maximum absolute atomic E-state index is 13.2. The molecule has 0 fully saturated rings. The summed E-state index contributed by atoms with van der Waals surface area (Å²) in [6, 6.07) is 14.4. The van der Waals surface area contributed by atoms with E-state index in [1.54, 1.807) is 24.3 Å². The largest absolute Gasteiger partial charge is 0.467 e. The Morgan fingerprint density at radius 3 is 2.74 bits per heavy atom. The molecule has 1 amide bonds. The fraction of sp³-hybridized carbons (Fsp3) is 0.208. The number of fused-ring (bicyclic) bond motifs is 1. The highest BCUT2D eigenvalue weighted by Crippen LogP contribution is 2.33. The summed E-state index contributed by atoms with van der Waals surface area (Å²) in [6.07, 6.45) is -4.21. The lowest BCUT2D eigenvalue weighted by atomic mass is 10.1. The third-order valence-corrected chi connectivity index (χ3v) is 5.66. The number of H-pyrrole nitrogens is 1. The predicted octanol–water partition coefficient (Wildman–Crippen LogP) is 4.94. The number of halogens is 4. The topological polar surface area (TPSA) is 95.7 Å². The van der Waals surface area contributed by atoms with Crippen molar-refractivity contribution < 1.29 is 22.7 Å². The first-order valence-corrected chi connectivity index (χ1v) is 10.9. The molecule has 2 aromatic heterocycles. The zero-order chi connectivity index (χ0) is 25.2.